The van der Waals surface area contributed by atoms with Crippen LogP contribution in [0.2, 0.25) is 0 Å². The van der Waals surface area contributed by atoms with Gasteiger partial charge in [0.1, 0.15) is 0 Å². The molecule has 0 saturated carbocycles. The molecule has 0 amide bonds. The van der Waals surface area contributed by atoms with E-state index in [0.717, 1.165) is 11.5 Å². The van der Waals surface area contributed by atoms with Crippen LogP contribution in [0.3, 0.4) is 0 Å². The molecule has 0 radical (unpaired) electrons. The van der Waals surface area contributed by atoms with Crippen LogP contribution in [0.15, 0.2) is 11.6 Å². The molecule has 0 aliphatic heterocycles. The van der Waals surface area contributed by atoms with Crippen molar-refractivity contribution in [3.8, 4) is 0 Å². The quantitative estimate of drug-likeness (QED) is 0.554. The monoisotopic (exact) mass is 132 g/mol. The minimum Gasteiger partial charge on any atom is -0.0898 e. The van der Waals surface area contributed by atoms with Gasteiger partial charge < -0.3 is 0 Å². The minimum absolute atomic E-state index is 0.694. The van der Waals surface area contributed by atoms with E-state index in [4.69, 9.17) is 11.6 Å². The summed E-state index contributed by atoms with van der Waals surface area (Å²) in [5, 5.41) is 0.777. The molecule has 1 unspecified atom stereocenters. The highest BCUT2D eigenvalue weighted by molar-refractivity contribution is 6.29. The van der Waals surface area contributed by atoms with Gasteiger partial charge in [-0.1, -0.05) is 38.4 Å². The Morgan fingerprint density at radius 1 is 1.75 bits per heavy atom. The van der Waals surface area contributed by atoms with Crippen LogP contribution in [0.1, 0.15) is 26.7 Å². The van der Waals surface area contributed by atoms with Crippen molar-refractivity contribution >= 4 is 11.6 Å². The van der Waals surface area contributed by atoms with Gasteiger partial charge in [0.25, 0.3) is 0 Å². The highest BCUT2D eigenvalue weighted by atomic mass is 35.5. The Bertz CT molecular complexity index is 76.5. The summed E-state index contributed by atoms with van der Waals surface area (Å²) >= 11 is 5.56. The van der Waals surface area contributed by atoms with Crippen LogP contribution in [0.5, 0.6) is 0 Å². The Morgan fingerprint density at radius 3 is 2.38 bits per heavy atom. The lowest BCUT2D eigenvalue weighted by molar-refractivity contribution is 0.568. The smallest absolute Gasteiger partial charge is 0.0111 e. The van der Waals surface area contributed by atoms with Crippen LogP contribution in [0.4, 0.5) is 0 Å². The zero-order valence-electron chi connectivity index (χ0n) is 5.58. The van der Waals surface area contributed by atoms with E-state index in [1.807, 2.05) is 0 Å². The second-order valence-electron chi connectivity index (χ2n) is 2.23. The fraction of sp³-hybridized carbons (Fsp3) is 0.714. The zero-order valence-corrected chi connectivity index (χ0v) is 6.33. The van der Waals surface area contributed by atoms with Gasteiger partial charge in [-0.2, -0.15) is 0 Å². The predicted octanol–water partition coefficient (Wildman–Crippen LogP) is 3.18. The maximum atomic E-state index is 5.56. The molecule has 0 aromatic carbocycles. The lowest BCUT2D eigenvalue weighted by Gasteiger charge is -2.03. The van der Waals surface area contributed by atoms with E-state index < -0.39 is 0 Å². The van der Waals surface area contributed by atoms with Crippen molar-refractivity contribution in [2.45, 2.75) is 26.7 Å². The second-order valence-corrected chi connectivity index (χ2v) is 2.77. The fourth-order valence-electron chi connectivity index (χ4n) is 0.522. The Balaban J connectivity index is 3.24. The van der Waals surface area contributed by atoms with Crippen molar-refractivity contribution in [1.82, 2.24) is 0 Å². The molecule has 0 spiro atoms. The molecule has 0 nitrogen and oxygen atoms in total. The zero-order chi connectivity index (χ0) is 6.57. The van der Waals surface area contributed by atoms with E-state index in [1.54, 1.807) is 0 Å². The molecule has 1 atom stereocenters. The summed E-state index contributed by atoms with van der Waals surface area (Å²) < 4.78 is 0. The molecule has 0 aliphatic carbocycles. The highest BCUT2D eigenvalue weighted by Gasteiger charge is 1.97. The Labute approximate surface area is 56.5 Å². The maximum absolute atomic E-state index is 5.56. The summed E-state index contributed by atoms with van der Waals surface area (Å²) in [4.78, 5) is 0. The lowest BCUT2D eigenvalue weighted by atomic mass is 10.1. The number of hydrogen-bond donors (Lipinski definition) is 0. The van der Waals surface area contributed by atoms with Crippen molar-refractivity contribution in [3.63, 3.8) is 0 Å². The van der Waals surface area contributed by atoms with Crippen molar-refractivity contribution in [2.24, 2.45) is 5.92 Å². The standard InChI is InChI=1S/C7H13Cl/c1-4-6(2)5-7(3)8/h6H,3-5H2,1-2H3. The summed E-state index contributed by atoms with van der Waals surface area (Å²) in [7, 11) is 0. The van der Waals surface area contributed by atoms with Gasteiger partial charge >= 0.3 is 0 Å². The van der Waals surface area contributed by atoms with Crippen molar-refractivity contribution in [2.75, 3.05) is 0 Å². The van der Waals surface area contributed by atoms with Crippen LogP contribution in [-0.2, 0) is 0 Å². The SMILES string of the molecule is C=C(Cl)CC(C)CC. The van der Waals surface area contributed by atoms with Crippen LogP contribution >= 0.6 is 11.6 Å². The first-order valence-corrected chi connectivity index (χ1v) is 3.38. The van der Waals surface area contributed by atoms with Gasteiger partial charge in [-0.3, -0.25) is 0 Å². The molecule has 0 saturated heterocycles. The third kappa shape index (κ3) is 4.20. The van der Waals surface area contributed by atoms with Crippen molar-refractivity contribution in [1.29, 1.82) is 0 Å². The van der Waals surface area contributed by atoms with Gasteiger partial charge in [0.05, 0.1) is 0 Å². The molecule has 8 heavy (non-hydrogen) atoms. The summed E-state index contributed by atoms with van der Waals surface area (Å²) in [6.45, 7) is 7.94. The third-order valence-corrected chi connectivity index (χ3v) is 1.42. The molecular weight excluding hydrogens is 120 g/mol. The summed E-state index contributed by atoms with van der Waals surface area (Å²) in [5.74, 6) is 0.694. The second kappa shape index (κ2) is 3.96. The minimum atomic E-state index is 0.694. The van der Waals surface area contributed by atoms with Gasteiger partial charge in [0, 0.05) is 5.03 Å². The normalized spacial score (nSPS) is 13.4. The van der Waals surface area contributed by atoms with Crippen LogP contribution in [0, 0.1) is 5.92 Å². The predicted molar refractivity (Wildman–Crippen MR) is 39.1 cm³/mol. The van der Waals surface area contributed by atoms with Gasteiger partial charge in [-0.25, -0.2) is 0 Å². The molecule has 0 N–H and O–H groups in total. The summed E-state index contributed by atoms with van der Waals surface area (Å²) in [6, 6.07) is 0. The van der Waals surface area contributed by atoms with Crippen LogP contribution in [-0.4, -0.2) is 0 Å². The van der Waals surface area contributed by atoms with E-state index in [0.29, 0.717) is 5.92 Å². The van der Waals surface area contributed by atoms with E-state index in [2.05, 4.69) is 20.4 Å². The number of hydrogen-bond acceptors (Lipinski definition) is 0. The van der Waals surface area contributed by atoms with Crippen LogP contribution in [0.25, 0.3) is 0 Å². The largest absolute Gasteiger partial charge is 0.0898 e. The molecular formula is C7H13Cl. The Kier molecular flexibility index (Phi) is 3.98. The molecule has 48 valence electrons. The molecule has 0 aliphatic rings. The first-order chi connectivity index (χ1) is 3.66. The van der Waals surface area contributed by atoms with Gasteiger partial charge in [0.2, 0.25) is 0 Å². The number of halogens is 1. The average Bonchev–Trinajstić information content (AvgIpc) is 1.65. The van der Waals surface area contributed by atoms with Crippen molar-refractivity contribution in [3.05, 3.63) is 11.6 Å². The first kappa shape index (κ1) is 8.03. The van der Waals surface area contributed by atoms with Crippen molar-refractivity contribution < 1.29 is 0 Å². The number of allylic oxidation sites excluding steroid dienone is 1. The molecule has 0 heterocycles. The van der Waals surface area contributed by atoms with Gasteiger partial charge in [0.15, 0.2) is 0 Å². The number of rotatable bonds is 3. The summed E-state index contributed by atoms with van der Waals surface area (Å²) in [5.41, 5.74) is 0. The lowest BCUT2D eigenvalue weighted by Crippen LogP contribution is -1.89. The third-order valence-electron chi connectivity index (χ3n) is 1.27. The Morgan fingerprint density at radius 2 is 2.25 bits per heavy atom. The van der Waals surface area contributed by atoms with Gasteiger partial charge in [-0.15, -0.1) is 0 Å². The molecule has 0 fully saturated rings. The first-order valence-electron chi connectivity index (χ1n) is 3.00. The molecule has 0 aromatic rings. The van der Waals surface area contributed by atoms with E-state index in [9.17, 15) is 0 Å². The molecule has 0 aromatic heterocycles. The maximum Gasteiger partial charge on any atom is 0.0111 e. The summed E-state index contributed by atoms with van der Waals surface area (Å²) in [6.07, 6.45) is 2.14. The van der Waals surface area contributed by atoms with E-state index >= 15 is 0 Å². The molecule has 0 bridgehead atoms. The topological polar surface area (TPSA) is 0 Å². The average molecular weight is 133 g/mol. The van der Waals surface area contributed by atoms with E-state index in [1.165, 1.54) is 6.42 Å². The molecule has 1 heteroatoms. The fourth-order valence-corrected chi connectivity index (χ4v) is 0.786. The van der Waals surface area contributed by atoms with E-state index in [-0.39, 0.29) is 0 Å². The Hall–Kier alpha value is 0.0300. The van der Waals surface area contributed by atoms with Crippen LogP contribution < -0.4 is 0 Å². The molecule has 0 rings (SSSR count). The highest BCUT2D eigenvalue weighted by Crippen LogP contribution is 2.14. The van der Waals surface area contributed by atoms with Gasteiger partial charge in [-0.05, 0) is 12.3 Å².